The fourth-order valence-electron chi connectivity index (χ4n) is 2.50. The molecule has 0 bridgehead atoms. The molecule has 2 rings (SSSR count). The van der Waals surface area contributed by atoms with Crippen LogP contribution in [0.1, 0.15) is 31.2 Å². The van der Waals surface area contributed by atoms with Crippen LogP contribution in [0.3, 0.4) is 0 Å². The van der Waals surface area contributed by atoms with Crippen LogP contribution in [0.15, 0.2) is 22.9 Å². The van der Waals surface area contributed by atoms with Crippen molar-refractivity contribution >= 4 is 27.5 Å². The second kappa shape index (κ2) is 6.72. The first-order chi connectivity index (χ1) is 8.29. The zero-order valence-electron chi connectivity index (χ0n) is 9.91. The van der Waals surface area contributed by atoms with E-state index in [-0.39, 0.29) is 0 Å². The van der Waals surface area contributed by atoms with Crippen LogP contribution in [-0.4, -0.2) is 28.4 Å². The summed E-state index contributed by atoms with van der Waals surface area (Å²) in [6.07, 6.45) is 8.82. The van der Waals surface area contributed by atoms with Gasteiger partial charge in [-0.15, -0.1) is 11.6 Å². The van der Waals surface area contributed by atoms with E-state index in [1.807, 2.05) is 12.4 Å². The highest BCUT2D eigenvalue weighted by Crippen LogP contribution is 2.22. The van der Waals surface area contributed by atoms with Crippen LogP contribution >= 0.6 is 27.5 Å². The van der Waals surface area contributed by atoms with E-state index < -0.39 is 0 Å². The van der Waals surface area contributed by atoms with E-state index in [2.05, 4.69) is 31.9 Å². The fourth-order valence-corrected chi connectivity index (χ4v) is 3.16. The molecular formula is C13H18BrClN2. The smallest absolute Gasteiger partial charge is 0.0410 e. The van der Waals surface area contributed by atoms with Crippen LogP contribution in [0.5, 0.6) is 0 Å². The molecule has 0 N–H and O–H groups in total. The number of likely N-dealkylation sites (tertiary alicyclic amines) is 1. The number of hydrogen-bond donors (Lipinski definition) is 0. The summed E-state index contributed by atoms with van der Waals surface area (Å²) in [6, 6.07) is 2.81. The molecule has 1 aromatic rings. The van der Waals surface area contributed by atoms with E-state index in [4.69, 9.17) is 11.6 Å². The minimum absolute atomic E-state index is 0.653. The van der Waals surface area contributed by atoms with Gasteiger partial charge in [0.05, 0.1) is 0 Å². The van der Waals surface area contributed by atoms with Crippen LogP contribution in [-0.2, 0) is 6.54 Å². The number of rotatable bonds is 4. The van der Waals surface area contributed by atoms with E-state index in [0.717, 1.165) is 23.3 Å². The lowest BCUT2D eigenvalue weighted by Crippen LogP contribution is -2.39. The van der Waals surface area contributed by atoms with E-state index in [1.165, 1.54) is 31.4 Å². The van der Waals surface area contributed by atoms with Gasteiger partial charge in [-0.1, -0.05) is 6.42 Å². The Morgan fingerprint density at radius 1 is 1.41 bits per heavy atom. The molecule has 1 unspecified atom stereocenters. The molecule has 0 spiro atoms. The number of nitrogens with zero attached hydrogens (tertiary/aromatic N) is 2. The molecule has 1 aliphatic heterocycles. The predicted molar refractivity (Wildman–Crippen MR) is 75.3 cm³/mol. The molecule has 0 radical (unpaired) electrons. The Hall–Kier alpha value is -0.120. The summed E-state index contributed by atoms with van der Waals surface area (Å²) in [6.45, 7) is 2.18. The Balaban J connectivity index is 2.00. The number of aromatic nitrogens is 1. The van der Waals surface area contributed by atoms with Crippen molar-refractivity contribution in [2.24, 2.45) is 0 Å². The number of pyridine rings is 1. The summed E-state index contributed by atoms with van der Waals surface area (Å²) in [5.41, 5.74) is 1.28. The lowest BCUT2D eigenvalue weighted by molar-refractivity contribution is 0.136. The van der Waals surface area contributed by atoms with Gasteiger partial charge in [0.25, 0.3) is 0 Å². The maximum Gasteiger partial charge on any atom is 0.0410 e. The monoisotopic (exact) mass is 316 g/mol. The standard InChI is InChI=1S/C13H18BrClN2/c14-12-7-11(8-16-9-12)10-17-6-2-1-3-13(17)4-5-15/h7-9,13H,1-6,10H2. The van der Waals surface area contributed by atoms with E-state index in [0.29, 0.717) is 6.04 Å². The summed E-state index contributed by atoms with van der Waals surface area (Å²) >= 11 is 9.35. The first-order valence-corrected chi connectivity index (χ1v) is 7.52. The second-order valence-corrected chi connectivity index (χ2v) is 5.90. The lowest BCUT2D eigenvalue weighted by Gasteiger charge is -2.35. The molecule has 17 heavy (non-hydrogen) atoms. The molecule has 0 amide bonds. The molecule has 1 aromatic heterocycles. The molecule has 1 saturated heterocycles. The largest absolute Gasteiger partial charge is 0.296 e. The highest BCUT2D eigenvalue weighted by molar-refractivity contribution is 9.10. The average Bonchev–Trinajstić information content (AvgIpc) is 2.32. The van der Waals surface area contributed by atoms with Crippen LogP contribution in [0.2, 0.25) is 0 Å². The number of piperidine rings is 1. The van der Waals surface area contributed by atoms with Crippen molar-refractivity contribution < 1.29 is 0 Å². The van der Waals surface area contributed by atoms with Crippen molar-refractivity contribution in [1.82, 2.24) is 9.88 Å². The topological polar surface area (TPSA) is 16.1 Å². The van der Waals surface area contributed by atoms with Crippen molar-refractivity contribution in [3.05, 3.63) is 28.5 Å². The molecular weight excluding hydrogens is 300 g/mol. The number of alkyl halides is 1. The SMILES string of the molecule is ClCCC1CCCCN1Cc1cncc(Br)c1. The Morgan fingerprint density at radius 2 is 2.29 bits per heavy atom. The molecule has 1 fully saturated rings. The highest BCUT2D eigenvalue weighted by Gasteiger charge is 2.21. The molecule has 0 aliphatic carbocycles. The molecule has 1 aliphatic rings. The first kappa shape index (κ1) is 13.3. The molecule has 0 saturated carbocycles. The van der Waals surface area contributed by atoms with Crippen molar-refractivity contribution in [1.29, 1.82) is 0 Å². The quantitative estimate of drug-likeness (QED) is 0.785. The maximum atomic E-state index is 5.88. The van der Waals surface area contributed by atoms with E-state index in [1.54, 1.807) is 0 Å². The Labute approximate surface area is 116 Å². The van der Waals surface area contributed by atoms with Crippen LogP contribution in [0, 0.1) is 0 Å². The second-order valence-electron chi connectivity index (χ2n) is 4.61. The average molecular weight is 318 g/mol. The Morgan fingerprint density at radius 3 is 3.06 bits per heavy atom. The van der Waals surface area contributed by atoms with E-state index in [9.17, 15) is 0 Å². The van der Waals surface area contributed by atoms with Gasteiger partial charge in [-0.3, -0.25) is 9.88 Å². The summed E-state index contributed by atoms with van der Waals surface area (Å²) in [4.78, 5) is 6.77. The minimum Gasteiger partial charge on any atom is -0.296 e. The van der Waals surface area contributed by atoms with Crippen molar-refractivity contribution in [3.63, 3.8) is 0 Å². The van der Waals surface area contributed by atoms with Crippen molar-refractivity contribution in [2.45, 2.75) is 38.3 Å². The van der Waals surface area contributed by atoms with E-state index >= 15 is 0 Å². The normalized spacial score (nSPS) is 21.6. The third-order valence-electron chi connectivity index (χ3n) is 3.34. The minimum atomic E-state index is 0.653. The van der Waals surface area contributed by atoms with Gasteiger partial charge in [-0.25, -0.2) is 0 Å². The third-order valence-corrected chi connectivity index (χ3v) is 3.99. The molecule has 0 aromatic carbocycles. The number of halogens is 2. The fraction of sp³-hybridized carbons (Fsp3) is 0.615. The Kier molecular flexibility index (Phi) is 5.26. The van der Waals surface area contributed by atoms with Crippen LogP contribution in [0.25, 0.3) is 0 Å². The first-order valence-electron chi connectivity index (χ1n) is 6.19. The van der Waals surface area contributed by atoms with Gasteiger partial charge in [-0.05, 0) is 53.4 Å². The van der Waals surface area contributed by atoms with Gasteiger partial charge < -0.3 is 0 Å². The molecule has 1 atom stereocenters. The summed E-state index contributed by atoms with van der Waals surface area (Å²) < 4.78 is 1.06. The number of hydrogen-bond acceptors (Lipinski definition) is 2. The third kappa shape index (κ3) is 3.94. The van der Waals surface area contributed by atoms with Gasteiger partial charge in [-0.2, -0.15) is 0 Å². The van der Waals surface area contributed by atoms with Gasteiger partial charge in [0, 0.05) is 35.3 Å². The molecule has 2 nitrogen and oxygen atoms in total. The zero-order chi connectivity index (χ0) is 12.1. The predicted octanol–water partition coefficient (Wildman–Crippen LogP) is 3.83. The van der Waals surface area contributed by atoms with Gasteiger partial charge >= 0.3 is 0 Å². The highest BCUT2D eigenvalue weighted by atomic mass is 79.9. The molecule has 4 heteroatoms. The zero-order valence-corrected chi connectivity index (χ0v) is 12.3. The van der Waals surface area contributed by atoms with Gasteiger partial charge in [0.2, 0.25) is 0 Å². The van der Waals surface area contributed by atoms with Gasteiger partial charge in [0.15, 0.2) is 0 Å². The lowest BCUT2D eigenvalue weighted by atomic mass is 9.99. The van der Waals surface area contributed by atoms with Crippen molar-refractivity contribution in [2.75, 3.05) is 12.4 Å². The molecule has 94 valence electrons. The van der Waals surface area contributed by atoms with Crippen LogP contribution < -0.4 is 0 Å². The van der Waals surface area contributed by atoms with Gasteiger partial charge in [0.1, 0.15) is 0 Å². The van der Waals surface area contributed by atoms with Crippen molar-refractivity contribution in [3.8, 4) is 0 Å². The summed E-state index contributed by atoms with van der Waals surface area (Å²) in [5.74, 6) is 0.762. The maximum absolute atomic E-state index is 5.88. The summed E-state index contributed by atoms with van der Waals surface area (Å²) in [5, 5.41) is 0. The summed E-state index contributed by atoms with van der Waals surface area (Å²) in [7, 11) is 0. The Bertz CT molecular complexity index is 357. The van der Waals surface area contributed by atoms with Crippen LogP contribution in [0.4, 0.5) is 0 Å². The molecule has 2 heterocycles.